The average molecular weight is 218 g/mol. The Morgan fingerprint density at radius 3 is 2.69 bits per heavy atom. The molecule has 0 saturated heterocycles. The Bertz CT molecular complexity index is 399. The van der Waals surface area contributed by atoms with Crippen molar-refractivity contribution < 1.29 is 4.92 Å². The molecule has 0 aliphatic heterocycles. The molecule has 0 fully saturated rings. The van der Waals surface area contributed by atoms with Gasteiger partial charge >= 0.3 is 0 Å². The van der Waals surface area contributed by atoms with Crippen LogP contribution < -0.4 is 0 Å². The predicted molar refractivity (Wildman–Crippen MR) is 65.4 cm³/mol. The van der Waals surface area contributed by atoms with Crippen LogP contribution in [0.25, 0.3) is 0 Å². The first-order valence-corrected chi connectivity index (χ1v) is 5.32. The van der Waals surface area contributed by atoms with Crippen LogP contribution in [0.4, 0.5) is 5.69 Å². The molecule has 1 rings (SSSR count). The normalized spacial score (nSPS) is 12.1. The van der Waals surface area contributed by atoms with E-state index in [0.29, 0.717) is 0 Å². The standard InChI is InChI=1S/C13H16NO2/c1-4-6-11-7-12(10(3)5-2)9-13(8-11)14(15)16/h5,7-10H,2-4,6H2,1H3. The Hall–Kier alpha value is -1.64. The van der Waals surface area contributed by atoms with Gasteiger partial charge in [-0.1, -0.05) is 25.5 Å². The Balaban J connectivity index is 3.17. The molecule has 1 atom stereocenters. The summed E-state index contributed by atoms with van der Waals surface area (Å²) >= 11 is 0. The zero-order valence-electron chi connectivity index (χ0n) is 9.48. The second-order valence-electron chi connectivity index (χ2n) is 3.78. The van der Waals surface area contributed by atoms with Crippen molar-refractivity contribution >= 4 is 5.69 Å². The van der Waals surface area contributed by atoms with Crippen LogP contribution in [0, 0.1) is 17.0 Å². The molecule has 0 saturated carbocycles. The molecule has 16 heavy (non-hydrogen) atoms. The first-order valence-electron chi connectivity index (χ1n) is 5.32. The van der Waals surface area contributed by atoms with Gasteiger partial charge < -0.3 is 0 Å². The summed E-state index contributed by atoms with van der Waals surface area (Å²) in [5, 5.41) is 10.8. The van der Waals surface area contributed by atoms with Gasteiger partial charge in [0.05, 0.1) is 4.92 Å². The first kappa shape index (κ1) is 12.4. The van der Waals surface area contributed by atoms with Crippen molar-refractivity contribution in [2.24, 2.45) is 0 Å². The van der Waals surface area contributed by atoms with Gasteiger partial charge in [0, 0.05) is 18.1 Å². The first-order chi connectivity index (χ1) is 7.58. The number of rotatable bonds is 5. The number of nitrogens with zero attached hydrogens (tertiary/aromatic N) is 1. The molecule has 85 valence electrons. The van der Waals surface area contributed by atoms with E-state index in [1.807, 2.05) is 13.0 Å². The number of nitro groups is 1. The van der Waals surface area contributed by atoms with Gasteiger partial charge in [0.25, 0.3) is 5.69 Å². The van der Waals surface area contributed by atoms with Crippen molar-refractivity contribution in [3.8, 4) is 0 Å². The van der Waals surface area contributed by atoms with Crippen molar-refractivity contribution in [1.82, 2.24) is 0 Å². The number of nitro benzene ring substituents is 1. The van der Waals surface area contributed by atoms with Gasteiger partial charge in [0.2, 0.25) is 0 Å². The summed E-state index contributed by atoms with van der Waals surface area (Å²) in [7, 11) is 0. The van der Waals surface area contributed by atoms with Gasteiger partial charge in [-0.05, 0) is 24.5 Å². The number of hydrogen-bond acceptors (Lipinski definition) is 2. The lowest BCUT2D eigenvalue weighted by atomic mass is 9.97. The summed E-state index contributed by atoms with van der Waals surface area (Å²) in [5.41, 5.74) is 1.98. The number of allylic oxidation sites excluding steroid dienone is 1. The maximum Gasteiger partial charge on any atom is 0.269 e. The molecule has 1 radical (unpaired) electrons. The van der Waals surface area contributed by atoms with Crippen LogP contribution in [0.1, 0.15) is 30.4 Å². The van der Waals surface area contributed by atoms with Crippen LogP contribution in [-0.2, 0) is 6.42 Å². The van der Waals surface area contributed by atoms with Gasteiger partial charge in [-0.2, -0.15) is 0 Å². The number of hydrogen-bond donors (Lipinski definition) is 0. The third kappa shape index (κ3) is 2.92. The molecule has 0 heterocycles. The van der Waals surface area contributed by atoms with Crippen molar-refractivity contribution in [1.29, 1.82) is 0 Å². The zero-order valence-corrected chi connectivity index (χ0v) is 9.48. The Kier molecular flexibility index (Phi) is 4.23. The van der Waals surface area contributed by atoms with Crippen LogP contribution in [0.2, 0.25) is 0 Å². The second-order valence-corrected chi connectivity index (χ2v) is 3.78. The van der Waals surface area contributed by atoms with E-state index in [9.17, 15) is 10.1 Å². The molecule has 1 aromatic carbocycles. The van der Waals surface area contributed by atoms with Crippen LogP contribution in [0.15, 0.2) is 30.9 Å². The smallest absolute Gasteiger partial charge is 0.258 e. The largest absolute Gasteiger partial charge is 0.269 e. The molecule has 3 nitrogen and oxygen atoms in total. The van der Waals surface area contributed by atoms with Crippen LogP contribution >= 0.6 is 0 Å². The third-order valence-electron chi connectivity index (χ3n) is 2.46. The molecule has 0 aromatic heterocycles. The van der Waals surface area contributed by atoms with E-state index >= 15 is 0 Å². The molecule has 1 aromatic rings. The van der Waals surface area contributed by atoms with Gasteiger partial charge in [0.1, 0.15) is 0 Å². The van der Waals surface area contributed by atoms with E-state index in [4.69, 9.17) is 0 Å². The minimum atomic E-state index is -0.363. The van der Waals surface area contributed by atoms with Crippen LogP contribution in [0.5, 0.6) is 0 Å². The van der Waals surface area contributed by atoms with E-state index < -0.39 is 0 Å². The summed E-state index contributed by atoms with van der Waals surface area (Å²) in [5.74, 6) is -0.101. The average Bonchev–Trinajstić information content (AvgIpc) is 2.28. The fourth-order valence-electron chi connectivity index (χ4n) is 1.59. The highest BCUT2D eigenvalue weighted by molar-refractivity contribution is 5.42. The topological polar surface area (TPSA) is 43.1 Å². The maximum absolute atomic E-state index is 10.8. The highest BCUT2D eigenvalue weighted by Gasteiger charge is 2.11. The van der Waals surface area contributed by atoms with Crippen LogP contribution in [-0.4, -0.2) is 4.92 Å². The lowest BCUT2D eigenvalue weighted by molar-refractivity contribution is -0.385. The monoisotopic (exact) mass is 218 g/mol. The highest BCUT2D eigenvalue weighted by atomic mass is 16.6. The number of non-ortho nitro benzene ring substituents is 1. The molecule has 0 aliphatic carbocycles. The summed E-state index contributed by atoms with van der Waals surface area (Å²) < 4.78 is 0. The molecule has 0 aliphatic rings. The molecule has 1 unspecified atom stereocenters. The van der Waals surface area contributed by atoms with Crippen molar-refractivity contribution in [3.05, 3.63) is 59.0 Å². The van der Waals surface area contributed by atoms with Gasteiger partial charge in [-0.25, -0.2) is 0 Å². The molecule has 0 amide bonds. The number of benzene rings is 1. The zero-order chi connectivity index (χ0) is 12.1. The maximum atomic E-state index is 10.8. The van der Waals surface area contributed by atoms with E-state index in [2.05, 4.69) is 13.5 Å². The second kappa shape index (κ2) is 5.45. The highest BCUT2D eigenvalue weighted by Crippen LogP contribution is 2.24. The molecule has 3 heteroatoms. The molecular formula is C13H16NO2. The third-order valence-corrected chi connectivity index (χ3v) is 2.46. The summed E-state index contributed by atoms with van der Waals surface area (Å²) in [6.07, 6.45) is 3.50. The molecular weight excluding hydrogens is 202 g/mol. The Morgan fingerprint density at radius 1 is 1.50 bits per heavy atom. The number of aryl methyl sites for hydroxylation is 1. The van der Waals surface area contributed by atoms with Gasteiger partial charge in [-0.15, -0.1) is 6.58 Å². The van der Waals surface area contributed by atoms with Crippen LogP contribution in [0.3, 0.4) is 0 Å². The summed E-state index contributed by atoms with van der Waals surface area (Å²) in [6.45, 7) is 9.59. The minimum absolute atomic E-state index is 0.101. The van der Waals surface area contributed by atoms with Crippen molar-refractivity contribution in [2.75, 3.05) is 0 Å². The Morgan fingerprint density at radius 2 is 2.19 bits per heavy atom. The molecule has 0 N–H and O–H groups in total. The lowest BCUT2D eigenvalue weighted by Crippen LogP contribution is -1.96. The van der Waals surface area contributed by atoms with Gasteiger partial charge in [0.15, 0.2) is 0 Å². The minimum Gasteiger partial charge on any atom is -0.258 e. The Labute approximate surface area is 95.9 Å². The fraction of sp³-hybridized carbons (Fsp3) is 0.308. The van der Waals surface area contributed by atoms with E-state index in [-0.39, 0.29) is 16.5 Å². The predicted octanol–water partition coefficient (Wildman–Crippen LogP) is 3.65. The quantitative estimate of drug-likeness (QED) is 0.430. The van der Waals surface area contributed by atoms with E-state index in [1.165, 1.54) is 0 Å². The van der Waals surface area contributed by atoms with Gasteiger partial charge in [-0.3, -0.25) is 10.1 Å². The summed E-state index contributed by atoms with van der Waals surface area (Å²) in [4.78, 5) is 10.4. The van der Waals surface area contributed by atoms with E-state index in [0.717, 1.165) is 24.0 Å². The summed E-state index contributed by atoms with van der Waals surface area (Å²) in [6, 6.07) is 5.16. The fourth-order valence-corrected chi connectivity index (χ4v) is 1.59. The SMILES string of the molecule is [CH2]C(C=C)c1cc(CCC)cc([N+](=O)[O-])c1. The molecule has 0 bridgehead atoms. The molecule has 0 spiro atoms. The van der Waals surface area contributed by atoms with Crippen molar-refractivity contribution in [2.45, 2.75) is 25.7 Å². The van der Waals surface area contributed by atoms with Crippen molar-refractivity contribution in [3.63, 3.8) is 0 Å². The van der Waals surface area contributed by atoms with E-state index in [1.54, 1.807) is 18.2 Å². The lowest BCUT2D eigenvalue weighted by Gasteiger charge is -2.08.